The molecule has 2 aromatic rings. The van der Waals surface area contributed by atoms with Crippen LogP contribution in [0.3, 0.4) is 0 Å². The Morgan fingerprint density at radius 3 is 2.37 bits per heavy atom. The molecule has 3 amide bonds. The molecule has 0 unspecified atom stereocenters. The summed E-state index contributed by atoms with van der Waals surface area (Å²) < 4.78 is 10.4. The van der Waals surface area contributed by atoms with Gasteiger partial charge in [-0.25, -0.2) is 0 Å². The van der Waals surface area contributed by atoms with E-state index in [0.717, 1.165) is 10.5 Å². The first-order valence-corrected chi connectivity index (χ1v) is 8.48. The minimum absolute atomic E-state index is 0.203. The highest BCUT2D eigenvalue weighted by Gasteiger charge is 2.30. The van der Waals surface area contributed by atoms with Crippen molar-refractivity contribution in [2.45, 2.75) is 19.4 Å². The number of ether oxygens (including phenoxy) is 2. The van der Waals surface area contributed by atoms with Crippen LogP contribution in [-0.4, -0.2) is 31.9 Å². The normalized spacial score (nSPS) is 13.6. The molecule has 1 aliphatic rings. The van der Waals surface area contributed by atoms with E-state index in [1.54, 1.807) is 50.6 Å². The lowest BCUT2D eigenvalue weighted by atomic mass is 10.1. The second-order valence-corrected chi connectivity index (χ2v) is 6.05. The van der Waals surface area contributed by atoms with Gasteiger partial charge in [0.25, 0.3) is 5.91 Å². The summed E-state index contributed by atoms with van der Waals surface area (Å²) in [4.78, 5) is 37.3. The van der Waals surface area contributed by atoms with E-state index in [9.17, 15) is 14.4 Å². The summed E-state index contributed by atoms with van der Waals surface area (Å²) in [6.07, 6.45) is 0.406. The van der Waals surface area contributed by atoms with Gasteiger partial charge < -0.3 is 14.8 Å². The molecule has 0 spiro atoms. The van der Waals surface area contributed by atoms with E-state index >= 15 is 0 Å². The Labute approximate surface area is 156 Å². The standard InChI is InChI=1S/C20H20N2O5/c1-26-16-7-6-13(10-17(16)27-2)12-21-20(25)14-4-3-5-15(11-14)22-18(23)8-9-19(22)24/h3-7,10-11H,8-9,12H2,1-2H3,(H,21,25). The fourth-order valence-corrected chi connectivity index (χ4v) is 2.93. The van der Waals surface area contributed by atoms with Crippen LogP contribution in [0.1, 0.15) is 28.8 Å². The zero-order chi connectivity index (χ0) is 19.4. The number of methoxy groups -OCH3 is 2. The summed E-state index contributed by atoms with van der Waals surface area (Å²) in [5.41, 5.74) is 1.64. The molecule has 27 heavy (non-hydrogen) atoms. The first-order valence-electron chi connectivity index (χ1n) is 8.48. The summed E-state index contributed by atoms with van der Waals surface area (Å²) in [5.74, 6) is 0.397. The number of imide groups is 1. The van der Waals surface area contributed by atoms with Gasteiger partial charge in [-0.3, -0.25) is 19.3 Å². The molecule has 1 N–H and O–H groups in total. The van der Waals surface area contributed by atoms with Gasteiger partial charge >= 0.3 is 0 Å². The number of amides is 3. The van der Waals surface area contributed by atoms with Gasteiger partial charge in [0.2, 0.25) is 11.8 Å². The fourth-order valence-electron chi connectivity index (χ4n) is 2.93. The Balaban J connectivity index is 1.71. The number of nitrogens with zero attached hydrogens (tertiary/aromatic N) is 1. The highest BCUT2D eigenvalue weighted by atomic mass is 16.5. The first kappa shape index (κ1) is 18.4. The van der Waals surface area contributed by atoms with Crippen molar-refractivity contribution in [1.29, 1.82) is 0 Å². The minimum atomic E-state index is -0.300. The van der Waals surface area contributed by atoms with Gasteiger partial charge in [0.05, 0.1) is 19.9 Å². The van der Waals surface area contributed by atoms with Crippen LogP contribution in [0.4, 0.5) is 5.69 Å². The Kier molecular flexibility index (Phi) is 5.40. The minimum Gasteiger partial charge on any atom is -0.493 e. The van der Waals surface area contributed by atoms with Crippen LogP contribution in [0.2, 0.25) is 0 Å². The number of carbonyl (C=O) groups is 3. The molecule has 0 aliphatic carbocycles. The number of hydrogen-bond acceptors (Lipinski definition) is 5. The van der Waals surface area contributed by atoms with Crippen molar-refractivity contribution < 1.29 is 23.9 Å². The summed E-state index contributed by atoms with van der Waals surface area (Å²) in [6, 6.07) is 11.9. The quantitative estimate of drug-likeness (QED) is 0.791. The monoisotopic (exact) mass is 368 g/mol. The SMILES string of the molecule is COc1ccc(CNC(=O)c2cccc(N3C(=O)CCC3=O)c2)cc1OC. The fraction of sp³-hybridized carbons (Fsp3) is 0.250. The van der Waals surface area contributed by atoms with Gasteiger partial charge in [-0.2, -0.15) is 0 Å². The lowest BCUT2D eigenvalue weighted by molar-refractivity contribution is -0.121. The molecule has 0 bridgehead atoms. The van der Waals surface area contributed by atoms with E-state index in [1.807, 2.05) is 6.07 Å². The van der Waals surface area contributed by atoms with E-state index in [-0.39, 0.29) is 30.6 Å². The van der Waals surface area contributed by atoms with Gasteiger partial charge in [0.1, 0.15) is 0 Å². The van der Waals surface area contributed by atoms with Crippen LogP contribution in [0, 0.1) is 0 Å². The predicted octanol–water partition coefficient (Wildman–Crippen LogP) is 2.29. The lowest BCUT2D eigenvalue weighted by Crippen LogP contribution is -2.29. The maximum Gasteiger partial charge on any atom is 0.251 e. The molecule has 140 valence electrons. The van der Waals surface area contributed by atoms with Gasteiger partial charge in [-0.15, -0.1) is 0 Å². The van der Waals surface area contributed by atoms with Crippen molar-refractivity contribution in [3.8, 4) is 11.5 Å². The number of carbonyl (C=O) groups excluding carboxylic acids is 3. The van der Waals surface area contributed by atoms with E-state index in [1.165, 1.54) is 0 Å². The summed E-state index contributed by atoms with van der Waals surface area (Å²) in [5, 5.41) is 2.82. The molecular weight excluding hydrogens is 348 g/mol. The summed E-state index contributed by atoms with van der Waals surface area (Å²) >= 11 is 0. The molecule has 7 heteroatoms. The Morgan fingerprint density at radius 2 is 1.70 bits per heavy atom. The largest absolute Gasteiger partial charge is 0.493 e. The van der Waals surface area contributed by atoms with E-state index in [2.05, 4.69) is 5.32 Å². The molecule has 1 aliphatic heterocycles. The maximum atomic E-state index is 12.5. The number of anilines is 1. The highest BCUT2D eigenvalue weighted by molar-refractivity contribution is 6.20. The van der Waals surface area contributed by atoms with Crippen molar-refractivity contribution in [2.75, 3.05) is 19.1 Å². The number of hydrogen-bond donors (Lipinski definition) is 1. The molecule has 1 heterocycles. The summed E-state index contributed by atoms with van der Waals surface area (Å²) in [6.45, 7) is 0.297. The Bertz CT molecular complexity index is 878. The van der Waals surface area contributed by atoms with Crippen LogP contribution in [-0.2, 0) is 16.1 Å². The smallest absolute Gasteiger partial charge is 0.251 e. The molecule has 0 aromatic heterocycles. The van der Waals surface area contributed by atoms with Crippen LogP contribution in [0.15, 0.2) is 42.5 Å². The average molecular weight is 368 g/mol. The van der Waals surface area contributed by atoms with Crippen LogP contribution in [0.25, 0.3) is 0 Å². The molecule has 3 rings (SSSR count). The Morgan fingerprint density at radius 1 is 1.00 bits per heavy atom. The van der Waals surface area contributed by atoms with Gasteiger partial charge in [-0.05, 0) is 35.9 Å². The van der Waals surface area contributed by atoms with Gasteiger partial charge in [0, 0.05) is 24.9 Å². The van der Waals surface area contributed by atoms with Gasteiger partial charge in [0.15, 0.2) is 11.5 Å². The van der Waals surface area contributed by atoms with Gasteiger partial charge in [-0.1, -0.05) is 12.1 Å². The number of rotatable bonds is 6. The van der Waals surface area contributed by atoms with E-state index in [0.29, 0.717) is 29.3 Å². The number of nitrogens with one attached hydrogen (secondary N) is 1. The van der Waals surface area contributed by atoms with Crippen molar-refractivity contribution >= 4 is 23.4 Å². The maximum absolute atomic E-state index is 12.5. The highest BCUT2D eigenvalue weighted by Crippen LogP contribution is 2.27. The van der Waals surface area contributed by atoms with Crippen molar-refractivity contribution in [1.82, 2.24) is 5.32 Å². The van der Waals surface area contributed by atoms with Crippen LogP contribution in [0.5, 0.6) is 11.5 Å². The molecule has 7 nitrogen and oxygen atoms in total. The zero-order valence-corrected chi connectivity index (χ0v) is 15.2. The van der Waals surface area contributed by atoms with Crippen molar-refractivity contribution in [3.05, 3.63) is 53.6 Å². The molecular formula is C20H20N2O5. The van der Waals surface area contributed by atoms with Crippen molar-refractivity contribution in [3.63, 3.8) is 0 Å². The molecule has 1 saturated heterocycles. The summed E-state index contributed by atoms with van der Waals surface area (Å²) in [7, 11) is 3.11. The molecule has 2 aromatic carbocycles. The van der Waals surface area contributed by atoms with Crippen LogP contribution >= 0.6 is 0 Å². The van der Waals surface area contributed by atoms with Crippen molar-refractivity contribution in [2.24, 2.45) is 0 Å². The van der Waals surface area contributed by atoms with E-state index in [4.69, 9.17) is 9.47 Å². The topological polar surface area (TPSA) is 84.9 Å². The van der Waals surface area contributed by atoms with E-state index < -0.39 is 0 Å². The molecule has 0 radical (unpaired) electrons. The van der Waals surface area contributed by atoms with Crippen LogP contribution < -0.4 is 19.7 Å². The third kappa shape index (κ3) is 3.92. The molecule has 0 saturated carbocycles. The third-order valence-electron chi connectivity index (χ3n) is 4.32. The third-order valence-corrected chi connectivity index (χ3v) is 4.32. The average Bonchev–Trinajstić information content (AvgIpc) is 3.04. The first-order chi connectivity index (χ1) is 13.0. The second kappa shape index (κ2) is 7.90. The second-order valence-electron chi connectivity index (χ2n) is 6.05. The number of benzene rings is 2. The Hall–Kier alpha value is -3.35. The molecule has 1 fully saturated rings. The predicted molar refractivity (Wildman–Crippen MR) is 98.9 cm³/mol. The zero-order valence-electron chi connectivity index (χ0n) is 15.2. The molecule has 0 atom stereocenters. The lowest BCUT2D eigenvalue weighted by Gasteiger charge is -2.15.